The molecule has 0 aromatic heterocycles. The van der Waals surface area contributed by atoms with E-state index in [1.54, 1.807) is 0 Å². The van der Waals surface area contributed by atoms with Crippen molar-refractivity contribution in [3.63, 3.8) is 0 Å². The van der Waals surface area contributed by atoms with Crippen molar-refractivity contribution in [2.24, 2.45) is 0 Å². The molecule has 0 bridgehead atoms. The van der Waals surface area contributed by atoms with Gasteiger partial charge in [-0.15, -0.1) is 0 Å². The van der Waals surface area contributed by atoms with Gasteiger partial charge in [0.15, 0.2) is 0 Å². The predicted molar refractivity (Wildman–Crippen MR) is 292 cm³/mol. The number of fused-ring (bicyclic) bond motifs is 6. The van der Waals surface area contributed by atoms with E-state index in [0.717, 1.165) is 12.8 Å². The number of hydrogen-bond donors (Lipinski definition) is 0. The summed E-state index contributed by atoms with van der Waals surface area (Å²) in [4.78, 5) is 0. The number of benzene rings is 11. The lowest BCUT2D eigenvalue weighted by molar-refractivity contribution is 0.530. The Morgan fingerprint density at radius 1 is 0.313 bits per heavy atom. The Balaban J connectivity index is 0.00000244. The van der Waals surface area contributed by atoms with Gasteiger partial charge in [0, 0.05) is 0 Å². The summed E-state index contributed by atoms with van der Waals surface area (Å²) in [6.07, 6.45) is 10.9. The second kappa shape index (κ2) is 17.5. The van der Waals surface area contributed by atoms with Gasteiger partial charge in [-0.25, -0.2) is 0 Å². The minimum Gasteiger partial charge on any atom is -0.0837 e. The molecule has 0 spiro atoms. The number of hydrogen-bond acceptors (Lipinski definition) is 0. The van der Waals surface area contributed by atoms with Crippen molar-refractivity contribution in [2.45, 2.75) is 46.0 Å². The van der Waals surface area contributed by atoms with Crippen molar-refractivity contribution in [1.82, 2.24) is 0 Å². The first-order valence-corrected chi connectivity index (χ1v) is 24.0. The summed E-state index contributed by atoms with van der Waals surface area (Å²) in [6, 6.07) is 77.1. The van der Waals surface area contributed by atoms with Crippen molar-refractivity contribution in [3.8, 4) is 55.6 Å². The maximum absolute atomic E-state index is 2.49. The van der Waals surface area contributed by atoms with Crippen LogP contribution in [0, 0.1) is 0 Å². The standard InChI is InChI=1S/C65H48.C2H6/c1-65(2)41-19-4-3-6-20-44-35-38-47(42-60(44)65)63-53-27-13-11-25-51(53)62(52-26-12-14-28-54(52)63)46-36-33-43(34-37-46)48-39-40-59(50-24-10-9-23-49(48)50)64-57-31-17-15-29-55(57)61(45-21-7-5-8-22-45)56-30-16-18-32-58(56)64;1-2/h3-19,21-40,42H,20,41H2,1-2H3;1-2H3/b6-3-,19-4-;. The molecule has 0 fully saturated rings. The van der Waals surface area contributed by atoms with Crippen LogP contribution in [-0.4, -0.2) is 0 Å². The molecule has 322 valence electrons. The zero-order valence-corrected chi connectivity index (χ0v) is 38.9. The maximum atomic E-state index is 2.49. The Labute approximate surface area is 395 Å². The van der Waals surface area contributed by atoms with Crippen LogP contribution in [-0.2, 0) is 11.8 Å². The van der Waals surface area contributed by atoms with E-state index < -0.39 is 0 Å². The summed E-state index contributed by atoms with van der Waals surface area (Å²) < 4.78 is 0. The van der Waals surface area contributed by atoms with Gasteiger partial charge in [-0.3, -0.25) is 0 Å². The topological polar surface area (TPSA) is 0 Å². The van der Waals surface area contributed by atoms with E-state index >= 15 is 0 Å². The summed E-state index contributed by atoms with van der Waals surface area (Å²) in [7, 11) is 0. The maximum Gasteiger partial charge on any atom is -0.00201 e. The van der Waals surface area contributed by atoms with Crippen LogP contribution in [0.25, 0.3) is 109 Å². The molecule has 0 heteroatoms. The lowest BCUT2D eigenvalue weighted by atomic mass is 9.76. The Bertz CT molecular complexity index is 3600. The molecule has 0 saturated carbocycles. The van der Waals surface area contributed by atoms with Gasteiger partial charge in [0.05, 0.1) is 0 Å². The Hall–Kier alpha value is -7.80. The fourth-order valence-electron chi connectivity index (χ4n) is 11.0. The largest absolute Gasteiger partial charge is 0.0837 e. The van der Waals surface area contributed by atoms with Gasteiger partial charge in [-0.05, 0) is 139 Å². The SMILES string of the molecule is CC.CC1(C)C/C=C\C=C/Cc2ccc(-c3c4ccccc4c(-c4ccc(-c5ccc(-c6c7ccccc7c(-c7ccccc7)c7ccccc67)c6ccccc56)cc4)c4ccccc34)cc21. The van der Waals surface area contributed by atoms with Crippen LogP contribution < -0.4 is 0 Å². The third-order valence-corrected chi connectivity index (χ3v) is 14.1. The smallest absolute Gasteiger partial charge is 0.00201 e. The molecule has 0 saturated heterocycles. The van der Waals surface area contributed by atoms with E-state index in [1.165, 1.54) is 121 Å². The molecule has 0 aliphatic heterocycles. The van der Waals surface area contributed by atoms with Gasteiger partial charge in [0.2, 0.25) is 0 Å². The van der Waals surface area contributed by atoms with Gasteiger partial charge in [0.25, 0.3) is 0 Å². The van der Waals surface area contributed by atoms with Crippen molar-refractivity contribution in [3.05, 3.63) is 242 Å². The minimum atomic E-state index is 0.0176. The van der Waals surface area contributed by atoms with Crippen molar-refractivity contribution in [2.75, 3.05) is 0 Å². The zero-order chi connectivity index (χ0) is 45.5. The first kappa shape index (κ1) is 41.9. The lowest BCUT2D eigenvalue weighted by Gasteiger charge is -2.28. The molecule has 0 nitrogen and oxygen atoms in total. The molecule has 0 amide bonds. The molecule has 11 aromatic carbocycles. The molecule has 67 heavy (non-hydrogen) atoms. The first-order valence-electron chi connectivity index (χ1n) is 24.0. The summed E-state index contributed by atoms with van der Waals surface area (Å²) in [5.74, 6) is 0. The average Bonchev–Trinajstić information content (AvgIpc) is 3.46. The van der Waals surface area contributed by atoms with E-state index in [1.807, 2.05) is 13.8 Å². The average molecular weight is 859 g/mol. The quantitative estimate of drug-likeness (QED) is 0.151. The van der Waals surface area contributed by atoms with E-state index in [-0.39, 0.29) is 5.41 Å². The van der Waals surface area contributed by atoms with E-state index in [0.29, 0.717) is 0 Å². The van der Waals surface area contributed by atoms with Crippen LogP contribution in [0.4, 0.5) is 0 Å². The van der Waals surface area contributed by atoms with Crippen molar-refractivity contribution in [1.29, 1.82) is 0 Å². The summed E-state index contributed by atoms with van der Waals surface area (Å²) in [5, 5.41) is 12.7. The second-order valence-electron chi connectivity index (χ2n) is 18.4. The third-order valence-electron chi connectivity index (χ3n) is 14.1. The van der Waals surface area contributed by atoms with Gasteiger partial charge in [-0.2, -0.15) is 0 Å². The van der Waals surface area contributed by atoms with Crippen molar-refractivity contribution >= 4 is 53.9 Å². The Morgan fingerprint density at radius 2 is 0.687 bits per heavy atom. The van der Waals surface area contributed by atoms with Gasteiger partial charge >= 0.3 is 0 Å². The minimum absolute atomic E-state index is 0.0176. The molecule has 12 rings (SSSR count). The van der Waals surface area contributed by atoms with Crippen LogP contribution >= 0.6 is 0 Å². The predicted octanol–water partition coefficient (Wildman–Crippen LogP) is 19.2. The van der Waals surface area contributed by atoms with Crippen molar-refractivity contribution < 1.29 is 0 Å². The summed E-state index contributed by atoms with van der Waals surface area (Å²) in [6.45, 7) is 8.78. The van der Waals surface area contributed by atoms with E-state index in [4.69, 9.17) is 0 Å². The zero-order valence-electron chi connectivity index (χ0n) is 38.9. The normalized spacial score (nSPS) is 14.2. The molecular weight excluding hydrogens is 805 g/mol. The molecule has 0 atom stereocenters. The van der Waals surface area contributed by atoms with Gasteiger partial charge < -0.3 is 0 Å². The van der Waals surface area contributed by atoms with Crippen LogP contribution in [0.2, 0.25) is 0 Å². The highest BCUT2D eigenvalue weighted by Gasteiger charge is 2.25. The van der Waals surface area contributed by atoms with Crippen LogP contribution in [0.3, 0.4) is 0 Å². The number of rotatable bonds is 5. The molecule has 0 N–H and O–H groups in total. The van der Waals surface area contributed by atoms with Crippen LogP contribution in [0.1, 0.15) is 45.2 Å². The van der Waals surface area contributed by atoms with Gasteiger partial charge in [0.1, 0.15) is 0 Å². The molecule has 1 aliphatic rings. The molecule has 0 heterocycles. The molecular formula is C67H54. The Kier molecular flexibility index (Phi) is 11.0. The molecule has 0 radical (unpaired) electrons. The fraction of sp³-hybridized carbons (Fsp3) is 0.104. The lowest BCUT2D eigenvalue weighted by Crippen LogP contribution is -2.18. The van der Waals surface area contributed by atoms with Gasteiger partial charge in [-0.1, -0.05) is 258 Å². The van der Waals surface area contributed by atoms with Crippen LogP contribution in [0.5, 0.6) is 0 Å². The highest BCUT2D eigenvalue weighted by molar-refractivity contribution is 6.25. The fourth-order valence-corrected chi connectivity index (χ4v) is 11.0. The summed E-state index contributed by atoms with van der Waals surface area (Å²) in [5.41, 5.74) is 15.5. The first-order chi connectivity index (χ1) is 33.0. The molecule has 11 aromatic rings. The Morgan fingerprint density at radius 3 is 1.21 bits per heavy atom. The second-order valence-corrected chi connectivity index (χ2v) is 18.4. The summed E-state index contributed by atoms with van der Waals surface area (Å²) >= 11 is 0. The molecule has 0 unspecified atom stereocenters. The molecule has 1 aliphatic carbocycles. The third kappa shape index (κ3) is 7.25. The highest BCUT2D eigenvalue weighted by atomic mass is 14.3. The van der Waals surface area contributed by atoms with Crippen LogP contribution in [0.15, 0.2) is 231 Å². The number of allylic oxidation sites excluding steroid dienone is 4. The van der Waals surface area contributed by atoms with E-state index in [2.05, 4.69) is 244 Å². The van der Waals surface area contributed by atoms with E-state index in [9.17, 15) is 0 Å². The highest BCUT2D eigenvalue weighted by Crippen LogP contribution is 2.48. The monoisotopic (exact) mass is 858 g/mol.